The first kappa shape index (κ1) is 18.0. The van der Waals surface area contributed by atoms with Crippen LogP contribution < -0.4 is 5.32 Å². The van der Waals surface area contributed by atoms with Crippen molar-refractivity contribution in [3.8, 4) is 0 Å². The molecular weight excluding hydrogens is 322 g/mol. The molecular formula is C17H25Cl2FN2. The molecule has 22 heavy (non-hydrogen) atoms. The van der Waals surface area contributed by atoms with E-state index in [0.717, 1.165) is 31.7 Å². The Kier molecular flexibility index (Phi) is 6.94. The number of nitrogens with zero attached hydrogens (tertiary/aromatic N) is 1. The molecule has 1 aliphatic carbocycles. The van der Waals surface area contributed by atoms with Crippen LogP contribution >= 0.6 is 24.0 Å². The molecule has 1 aromatic carbocycles. The maximum absolute atomic E-state index is 13.8. The van der Waals surface area contributed by atoms with E-state index in [9.17, 15) is 4.39 Å². The number of nitrogens with one attached hydrogen (secondary N) is 1. The number of rotatable bonds is 3. The lowest BCUT2D eigenvalue weighted by molar-refractivity contribution is 0.103. The van der Waals surface area contributed by atoms with Gasteiger partial charge in [-0.2, -0.15) is 0 Å². The summed E-state index contributed by atoms with van der Waals surface area (Å²) >= 11 is 6.42. The van der Waals surface area contributed by atoms with Gasteiger partial charge in [-0.25, -0.2) is 4.39 Å². The van der Waals surface area contributed by atoms with Crippen LogP contribution in [0.2, 0.25) is 5.02 Å². The highest BCUT2D eigenvalue weighted by molar-refractivity contribution is 6.31. The van der Waals surface area contributed by atoms with Gasteiger partial charge >= 0.3 is 0 Å². The van der Waals surface area contributed by atoms with E-state index in [2.05, 4.69) is 10.2 Å². The van der Waals surface area contributed by atoms with Gasteiger partial charge in [0, 0.05) is 37.2 Å². The predicted molar refractivity (Wildman–Crippen MR) is 92.4 cm³/mol. The molecule has 5 heteroatoms. The predicted octanol–water partition coefficient (Wildman–Crippen LogP) is 4.43. The highest BCUT2D eigenvalue weighted by atomic mass is 35.5. The summed E-state index contributed by atoms with van der Waals surface area (Å²) in [6, 6.07) is 5.10. The van der Waals surface area contributed by atoms with Crippen LogP contribution in [0.3, 0.4) is 0 Å². The van der Waals surface area contributed by atoms with Crippen LogP contribution in [0, 0.1) is 11.7 Å². The van der Waals surface area contributed by atoms with Crippen molar-refractivity contribution >= 4 is 24.0 Å². The molecule has 1 heterocycles. The first-order valence-corrected chi connectivity index (χ1v) is 8.53. The quantitative estimate of drug-likeness (QED) is 0.870. The van der Waals surface area contributed by atoms with Gasteiger partial charge in [0.25, 0.3) is 0 Å². The molecule has 0 spiro atoms. The van der Waals surface area contributed by atoms with E-state index in [1.165, 1.54) is 38.2 Å². The second-order valence-corrected chi connectivity index (χ2v) is 6.70. The lowest BCUT2D eigenvalue weighted by Crippen LogP contribution is -2.47. The number of halogens is 3. The zero-order chi connectivity index (χ0) is 14.7. The Morgan fingerprint density at radius 2 is 1.82 bits per heavy atom. The Balaban J connectivity index is 0.00000176. The van der Waals surface area contributed by atoms with Gasteiger partial charge in [0.1, 0.15) is 5.82 Å². The monoisotopic (exact) mass is 346 g/mol. The molecule has 2 aliphatic rings. The Bertz CT molecular complexity index is 454. The molecule has 1 N–H and O–H groups in total. The first-order valence-electron chi connectivity index (χ1n) is 8.15. The fraction of sp³-hybridized carbons (Fsp3) is 0.647. The molecule has 2 nitrogen and oxygen atoms in total. The second kappa shape index (κ2) is 8.49. The van der Waals surface area contributed by atoms with Gasteiger partial charge in [-0.1, -0.05) is 30.9 Å². The minimum Gasteiger partial charge on any atom is -0.314 e. The molecule has 3 rings (SSSR count). The van der Waals surface area contributed by atoms with Crippen LogP contribution in [-0.2, 0) is 0 Å². The maximum Gasteiger partial charge on any atom is 0.123 e. The highest BCUT2D eigenvalue weighted by Crippen LogP contribution is 2.41. The van der Waals surface area contributed by atoms with Crippen molar-refractivity contribution in [3.05, 3.63) is 34.6 Å². The van der Waals surface area contributed by atoms with Crippen LogP contribution in [0.4, 0.5) is 4.39 Å². The van der Waals surface area contributed by atoms with E-state index in [1.54, 1.807) is 12.1 Å². The maximum atomic E-state index is 13.8. The van der Waals surface area contributed by atoms with Crippen LogP contribution in [0.25, 0.3) is 0 Å². The molecule has 2 fully saturated rings. The average Bonchev–Trinajstić information content (AvgIpc) is 2.53. The topological polar surface area (TPSA) is 15.3 Å². The number of hydrogen-bond donors (Lipinski definition) is 1. The van der Waals surface area contributed by atoms with E-state index in [0.29, 0.717) is 10.9 Å². The van der Waals surface area contributed by atoms with Crippen LogP contribution in [-0.4, -0.2) is 31.1 Å². The van der Waals surface area contributed by atoms with E-state index >= 15 is 0 Å². The zero-order valence-corrected chi connectivity index (χ0v) is 14.4. The summed E-state index contributed by atoms with van der Waals surface area (Å²) in [5.74, 6) is 0.432. The normalized spacial score (nSPS) is 22.1. The molecule has 1 atom stereocenters. The molecule has 1 saturated carbocycles. The minimum absolute atomic E-state index is 0. The molecule has 1 aromatic rings. The van der Waals surface area contributed by atoms with E-state index in [4.69, 9.17) is 11.6 Å². The summed E-state index contributed by atoms with van der Waals surface area (Å²) in [5, 5.41) is 4.11. The highest BCUT2D eigenvalue weighted by Gasteiger charge is 2.32. The average molecular weight is 347 g/mol. The van der Waals surface area contributed by atoms with Gasteiger partial charge in [-0.05, 0) is 42.5 Å². The largest absolute Gasteiger partial charge is 0.314 e. The van der Waals surface area contributed by atoms with E-state index < -0.39 is 0 Å². The van der Waals surface area contributed by atoms with Crippen molar-refractivity contribution < 1.29 is 4.39 Å². The fourth-order valence-electron chi connectivity index (χ4n) is 3.90. The Labute approximate surface area is 143 Å². The lowest BCUT2D eigenvalue weighted by atomic mass is 9.80. The lowest BCUT2D eigenvalue weighted by Gasteiger charge is -2.41. The Hall–Kier alpha value is -0.350. The second-order valence-electron chi connectivity index (χ2n) is 6.29. The fourth-order valence-corrected chi connectivity index (χ4v) is 4.13. The van der Waals surface area contributed by atoms with E-state index in [1.807, 2.05) is 0 Å². The number of piperazine rings is 1. The molecule has 0 bridgehead atoms. The summed E-state index contributed by atoms with van der Waals surface area (Å²) < 4.78 is 13.8. The van der Waals surface area contributed by atoms with Crippen molar-refractivity contribution in [2.45, 2.75) is 38.1 Å². The van der Waals surface area contributed by atoms with Crippen molar-refractivity contribution in [2.75, 3.05) is 26.2 Å². The molecule has 0 aromatic heterocycles. The minimum atomic E-state index is -0.176. The Morgan fingerprint density at radius 3 is 2.50 bits per heavy atom. The van der Waals surface area contributed by atoms with Gasteiger partial charge in [0.15, 0.2) is 0 Å². The molecule has 0 radical (unpaired) electrons. The van der Waals surface area contributed by atoms with Crippen molar-refractivity contribution in [2.24, 2.45) is 5.92 Å². The van der Waals surface area contributed by atoms with Crippen molar-refractivity contribution in [1.29, 1.82) is 0 Å². The number of benzene rings is 1. The van der Waals surface area contributed by atoms with Crippen molar-refractivity contribution in [1.82, 2.24) is 10.2 Å². The van der Waals surface area contributed by atoms with Crippen LogP contribution in [0.1, 0.15) is 43.7 Å². The van der Waals surface area contributed by atoms with Gasteiger partial charge in [-0.15, -0.1) is 12.4 Å². The van der Waals surface area contributed by atoms with Crippen LogP contribution in [0.5, 0.6) is 0 Å². The van der Waals surface area contributed by atoms with Gasteiger partial charge in [-0.3, -0.25) is 4.90 Å². The van der Waals surface area contributed by atoms with E-state index in [-0.39, 0.29) is 24.3 Å². The summed E-state index contributed by atoms with van der Waals surface area (Å²) in [7, 11) is 0. The molecule has 1 aliphatic heterocycles. The third kappa shape index (κ3) is 4.14. The molecule has 124 valence electrons. The van der Waals surface area contributed by atoms with Gasteiger partial charge in [0.2, 0.25) is 0 Å². The van der Waals surface area contributed by atoms with Gasteiger partial charge < -0.3 is 5.32 Å². The van der Waals surface area contributed by atoms with Crippen molar-refractivity contribution in [3.63, 3.8) is 0 Å². The summed E-state index contributed by atoms with van der Waals surface area (Å²) in [4.78, 5) is 2.51. The third-order valence-electron chi connectivity index (χ3n) is 4.92. The molecule has 0 unspecified atom stereocenters. The van der Waals surface area contributed by atoms with Crippen LogP contribution in [0.15, 0.2) is 18.2 Å². The summed E-state index contributed by atoms with van der Waals surface area (Å²) in [6.45, 7) is 4.06. The molecule has 0 amide bonds. The SMILES string of the molecule is Cl.Fc1ccc(Cl)c([C@H](C2CCCCC2)N2CCNCC2)c1. The van der Waals surface area contributed by atoms with Gasteiger partial charge in [0.05, 0.1) is 0 Å². The molecule has 1 saturated heterocycles. The zero-order valence-electron chi connectivity index (χ0n) is 12.9. The standard InChI is InChI=1S/C17H24ClFN2.ClH/c18-16-7-6-14(19)12-15(16)17(13-4-2-1-3-5-13)21-10-8-20-9-11-21;/h6-7,12-13,17,20H,1-5,8-11H2;1H/t17-;/m0./s1. The summed E-state index contributed by atoms with van der Waals surface area (Å²) in [5.41, 5.74) is 0.991. The third-order valence-corrected chi connectivity index (χ3v) is 5.26. The summed E-state index contributed by atoms with van der Waals surface area (Å²) in [6.07, 6.45) is 6.39. The Morgan fingerprint density at radius 1 is 1.14 bits per heavy atom. The first-order chi connectivity index (χ1) is 10.3. The smallest absolute Gasteiger partial charge is 0.123 e. The number of hydrogen-bond acceptors (Lipinski definition) is 2.